The van der Waals surface area contributed by atoms with Crippen molar-refractivity contribution in [2.45, 2.75) is 38.2 Å². The van der Waals surface area contributed by atoms with E-state index in [4.69, 9.17) is 5.11 Å². The smallest absolute Gasteiger partial charge is 0.0673 e. The molecule has 0 amide bonds. The molecule has 0 atom stereocenters. The van der Waals surface area contributed by atoms with Crippen molar-refractivity contribution >= 4 is 0 Å². The molecule has 3 heteroatoms. The van der Waals surface area contributed by atoms with Gasteiger partial charge in [-0.25, -0.2) is 0 Å². The number of hydrogen-bond acceptors (Lipinski definition) is 3. The van der Waals surface area contributed by atoms with E-state index >= 15 is 0 Å². The van der Waals surface area contributed by atoms with Crippen LogP contribution in [0.2, 0.25) is 0 Å². The summed E-state index contributed by atoms with van der Waals surface area (Å²) in [5.74, 6) is 0. The second kappa shape index (κ2) is 4.94. The van der Waals surface area contributed by atoms with Gasteiger partial charge in [0.05, 0.1) is 5.60 Å². The van der Waals surface area contributed by atoms with Gasteiger partial charge in [-0.05, 0) is 32.2 Å². The van der Waals surface area contributed by atoms with Crippen molar-refractivity contribution in [1.82, 2.24) is 4.90 Å². The highest BCUT2D eigenvalue weighted by Gasteiger charge is 2.30. The van der Waals surface area contributed by atoms with Crippen molar-refractivity contribution < 1.29 is 10.2 Å². The first-order valence-electron chi connectivity index (χ1n) is 5.26. The Labute approximate surface area is 80.4 Å². The van der Waals surface area contributed by atoms with Crippen LogP contribution in [-0.4, -0.2) is 47.0 Å². The molecule has 1 aliphatic rings. The predicted molar refractivity (Wildman–Crippen MR) is 52.6 cm³/mol. The standard InChI is InChI=1S/C10H21NO2/c1-2-11-7-5-10(13,6-8-11)4-3-9-12/h12-13H,2-9H2,1H3. The summed E-state index contributed by atoms with van der Waals surface area (Å²) in [5.41, 5.74) is -0.492. The fraction of sp³-hybridized carbons (Fsp3) is 1.00. The van der Waals surface area contributed by atoms with Crippen LogP contribution < -0.4 is 0 Å². The van der Waals surface area contributed by atoms with Crippen molar-refractivity contribution in [3.05, 3.63) is 0 Å². The van der Waals surface area contributed by atoms with Gasteiger partial charge < -0.3 is 15.1 Å². The van der Waals surface area contributed by atoms with Gasteiger partial charge in [0.15, 0.2) is 0 Å². The van der Waals surface area contributed by atoms with E-state index in [1.807, 2.05) is 0 Å². The Morgan fingerprint density at radius 2 is 1.92 bits per heavy atom. The van der Waals surface area contributed by atoms with Crippen LogP contribution in [0.5, 0.6) is 0 Å². The minimum absolute atomic E-state index is 0.194. The van der Waals surface area contributed by atoms with Gasteiger partial charge in [-0.15, -0.1) is 0 Å². The lowest BCUT2D eigenvalue weighted by atomic mass is 9.87. The summed E-state index contributed by atoms with van der Waals surface area (Å²) in [6, 6.07) is 0. The van der Waals surface area contributed by atoms with Gasteiger partial charge in [0.1, 0.15) is 0 Å². The number of nitrogens with zero attached hydrogens (tertiary/aromatic N) is 1. The number of likely N-dealkylation sites (tertiary alicyclic amines) is 1. The van der Waals surface area contributed by atoms with E-state index in [1.165, 1.54) is 0 Å². The molecule has 0 aliphatic carbocycles. The molecule has 78 valence electrons. The third kappa shape index (κ3) is 3.25. The van der Waals surface area contributed by atoms with Gasteiger partial charge in [-0.3, -0.25) is 0 Å². The Bertz CT molecular complexity index is 142. The third-order valence-corrected chi connectivity index (χ3v) is 3.03. The van der Waals surface area contributed by atoms with E-state index in [1.54, 1.807) is 0 Å². The summed E-state index contributed by atoms with van der Waals surface area (Å²) >= 11 is 0. The molecule has 0 bridgehead atoms. The number of piperidine rings is 1. The average molecular weight is 187 g/mol. The normalized spacial score (nSPS) is 23.3. The van der Waals surface area contributed by atoms with E-state index in [-0.39, 0.29) is 6.61 Å². The highest BCUT2D eigenvalue weighted by molar-refractivity contribution is 4.85. The van der Waals surface area contributed by atoms with Crippen molar-refractivity contribution in [1.29, 1.82) is 0 Å². The van der Waals surface area contributed by atoms with Crippen LogP contribution in [0.4, 0.5) is 0 Å². The molecule has 1 fully saturated rings. The summed E-state index contributed by atoms with van der Waals surface area (Å²) in [6.07, 6.45) is 3.20. The Morgan fingerprint density at radius 3 is 2.38 bits per heavy atom. The fourth-order valence-corrected chi connectivity index (χ4v) is 1.94. The number of aliphatic hydroxyl groups excluding tert-OH is 1. The Kier molecular flexibility index (Phi) is 4.16. The maximum atomic E-state index is 10.1. The van der Waals surface area contributed by atoms with E-state index in [0.717, 1.165) is 45.3 Å². The van der Waals surface area contributed by atoms with Crippen molar-refractivity contribution in [3.8, 4) is 0 Å². The summed E-state index contributed by atoms with van der Waals surface area (Å²) in [6.45, 7) is 5.42. The maximum Gasteiger partial charge on any atom is 0.0673 e. The second-order valence-electron chi connectivity index (χ2n) is 3.99. The summed E-state index contributed by atoms with van der Waals surface area (Å²) in [7, 11) is 0. The predicted octanol–water partition coefficient (Wildman–Crippen LogP) is 0.606. The Hall–Kier alpha value is -0.120. The molecular formula is C10H21NO2. The fourth-order valence-electron chi connectivity index (χ4n) is 1.94. The summed E-state index contributed by atoms with van der Waals surface area (Å²) < 4.78 is 0. The zero-order chi connectivity index (χ0) is 9.73. The van der Waals surface area contributed by atoms with Crippen LogP contribution in [0.3, 0.4) is 0 Å². The van der Waals surface area contributed by atoms with Crippen LogP contribution in [0, 0.1) is 0 Å². The van der Waals surface area contributed by atoms with Gasteiger partial charge in [0.25, 0.3) is 0 Å². The van der Waals surface area contributed by atoms with E-state index in [9.17, 15) is 5.11 Å². The molecule has 1 aliphatic heterocycles. The Balaban J connectivity index is 2.28. The first kappa shape index (κ1) is 11.0. The lowest BCUT2D eigenvalue weighted by molar-refractivity contribution is -0.0303. The highest BCUT2D eigenvalue weighted by atomic mass is 16.3. The molecule has 0 radical (unpaired) electrons. The molecule has 0 spiro atoms. The first-order valence-corrected chi connectivity index (χ1v) is 5.26. The maximum absolute atomic E-state index is 10.1. The molecule has 0 saturated carbocycles. The van der Waals surface area contributed by atoms with Crippen LogP contribution >= 0.6 is 0 Å². The molecule has 3 nitrogen and oxygen atoms in total. The van der Waals surface area contributed by atoms with Crippen molar-refractivity contribution in [2.24, 2.45) is 0 Å². The highest BCUT2D eigenvalue weighted by Crippen LogP contribution is 2.26. The van der Waals surface area contributed by atoms with Gasteiger partial charge in [0, 0.05) is 19.7 Å². The monoisotopic (exact) mass is 187 g/mol. The minimum Gasteiger partial charge on any atom is -0.396 e. The van der Waals surface area contributed by atoms with Gasteiger partial charge in [-0.1, -0.05) is 6.92 Å². The van der Waals surface area contributed by atoms with Gasteiger partial charge >= 0.3 is 0 Å². The zero-order valence-corrected chi connectivity index (χ0v) is 8.50. The topological polar surface area (TPSA) is 43.7 Å². The second-order valence-corrected chi connectivity index (χ2v) is 3.99. The van der Waals surface area contributed by atoms with Crippen molar-refractivity contribution in [2.75, 3.05) is 26.2 Å². The minimum atomic E-state index is -0.492. The van der Waals surface area contributed by atoms with Crippen molar-refractivity contribution in [3.63, 3.8) is 0 Å². The van der Waals surface area contributed by atoms with E-state index in [2.05, 4.69) is 11.8 Å². The molecule has 1 heterocycles. The SMILES string of the molecule is CCN1CCC(O)(CCCO)CC1. The molecule has 0 aromatic rings. The van der Waals surface area contributed by atoms with Gasteiger partial charge in [-0.2, -0.15) is 0 Å². The number of rotatable bonds is 4. The molecule has 2 N–H and O–H groups in total. The lowest BCUT2D eigenvalue weighted by Gasteiger charge is -2.37. The number of aliphatic hydroxyl groups is 2. The molecular weight excluding hydrogens is 166 g/mol. The van der Waals surface area contributed by atoms with Gasteiger partial charge in [0.2, 0.25) is 0 Å². The molecule has 13 heavy (non-hydrogen) atoms. The number of hydrogen-bond donors (Lipinski definition) is 2. The molecule has 0 unspecified atom stereocenters. The first-order chi connectivity index (χ1) is 6.20. The average Bonchev–Trinajstić information content (AvgIpc) is 2.16. The molecule has 0 aromatic heterocycles. The van der Waals surface area contributed by atoms with Crippen LogP contribution in [0.15, 0.2) is 0 Å². The summed E-state index contributed by atoms with van der Waals surface area (Å²) in [4.78, 5) is 2.35. The zero-order valence-electron chi connectivity index (χ0n) is 8.50. The Morgan fingerprint density at radius 1 is 1.31 bits per heavy atom. The third-order valence-electron chi connectivity index (χ3n) is 3.03. The van der Waals surface area contributed by atoms with Crippen LogP contribution in [0.25, 0.3) is 0 Å². The van der Waals surface area contributed by atoms with Crippen LogP contribution in [-0.2, 0) is 0 Å². The summed E-state index contributed by atoms with van der Waals surface area (Å²) in [5, 5.41) is 18.8. The van der Waals surface area contributed by atoms with E-state index < -0.39 is 5.60 Å². The quantitative estimate of drug-likeness (QED) is 0.677. The molecule has 1 rings (SSSR count). The molecule has 1 saturated heterocycles. The lowest BCUT2D eigenvalue weighted by Crippen LogP contribution is -2.44. The van der Waals surface area contributed by atoms with E-state index in [0.29, 0.717) is 0 Å². The van der Waals surface area contributed by atoms with Crippen LogP contribution in [0.1, 0.15) is 32.6 Å². The molecule has 0 aromatic carbocycles. The largest absolute Gasteiger partial charge is 0.396 e.